The topological polar surface area (TPSA) is 118 Å². The van der Waals surface area contributed by atoms with Crippen LogP contribution in [0.25, 0.3) is 0 Å². The van der Waals surface area contributed by atoms with E-state index < -0.39 is 21.8 Å². The van der Waals surface area contributed by atoms with E-state index in [0.29, 0.717) is 16.9 Å². The number of benzene rings is 2. The molecule has 9 heteroatoms. The predicted octanol–water partition coefficient (Wildman–Crippen LogP) is 3.78. The van der Waals surface area contributed by atoms with Crippen LogP contribution >= 0.6 is 0 Å². The van der Waals surface area contributed by atoms with Crippen molar-refractivity contribution in [1.82, 2.24) is 4.72 Å². The number of hydrogen-bond donors (Lipinski definition) is 3. The average molecular weight is 442 g/mol. The maximum Gasteiger partial charge on any atom is 0.291 e. The minimum Gasteiger partial charge on any atom is -0.459 e. The molecule has 1 aromatic heterocycles. The van der Waals surface area contributed by atoms with Crippen LogP contribution in [0.4, 0.5) is 11.4 Å². The zero-order valence-electron chi connectivity index (χ0n) is 17.3. The van der Waals surface area contributed by atoms with Crippen molar-refractivity contribution in [3.63, 3.8) is 0 Å². The summed E-state index contributed by atoms with van der Waals surface area (Å²) in [6, 6.07) is 13.7. The fraction of sp³-hybridized carbons (Fsp3) is 0.182. The van der Waals surface area contributed by atoms with E-state index in [4.69, 9.17) is 4.42 Å². The van der Waals surface area contributed by atoms with Gasteiger partial charge in [0.2, 0.25) is 10.0 Å². The van der Waals surface area contributed by atoms with Crippen LogP contribution in [0.5, 0.6) is 0 Å². The second-order valence-electron chi connectivity index (χ2n) is 7.22. The van der Waals surface area contributed by atoms with Crippen molar-refractivity contribution in [3.8, 4) is 0 Å². The number of carbonyl (C=O) groups excluding carboxylic acids is 2. The van der Waals surface area contributed by atoms with Crippen molar-refractivity contribution in [3.05, 3.63) is 77.7 Å². The van der Waals surface area contributed by atoms with Gasteiger partial charge in [0.15, 0.2) is 5.76 Å². The first-order chi connectivity index (χ1) is 14.7. The SMILES string of the molecule is Cc1ccc(C(=O)Nc2ccc(S(=O)(=O)NC(C)C)cc2)cc1NC(=O)c1ccco1. The normalized spacial score (nSPS) is 11.4. The van der Waals surface area contributed by atoms with E-state index in [0.717, 1.165) is 5.56 Å². The second kappa shape index (κ2) is 9.15. The predicted molar refractivity (Wildman–Crippen MR) is 118 cm³/mol. The number of aryl methyl sites for hydroxylation is 1. The molecule has 0 aliphatic heterocycles. The van der Waals surface area contributed by atoms with Gasteiger partial charge >= 0.3 is 0 Å². The zero-order valence-corrected chi connectivity index (χ0v) is 18.1. The molecule has 0 atom stereocenters. The molecule has 2 amide bonds. The average Bonchev–Trinajstić information content (AvgIpc) is 3.24. The molecule has 2 aromatic carbocycles. The lowest BCUT2D eigenvalue weighted by Crippen LogP contribution is -2.30. The molecule has 0 spiro atoms. The minimum atomic E-state index is -3.61. The highest BCUT2D eigenvalue weighted by Crippen LogP contribution is 2.20. The first-order valence-electron chi connectivity index (χ1n) is 9.55. The number of nitrogens with one attached hydrogen (secondary N) is 3. The Morgan fingerprint density at radius 1 is 0.935 bits per heavy atom. The number of hydrogen-bond acceptors (Lipinski definition) is 5. The van der Waals surface area contributed by atoms with E-state index >= 15 is 0 Å². The van der Waals surface area contributed by atoms with E-state index in [-0.39, 0.29) is 16.7 Å². The fourth-order valence-corrected chi connectivity index (χ4v) is 4.04. The van der Waals surface area contributed by atoms with E-state index in [1.807, 2.05) is 6.92 Å². The molecule has 0 unspecified atom stereocenters. The highest BCUT2D eigenvalue weighted by molar-refractivity contribution is 7.89. The van der Waals surface area contributed by atoms with Gasteiger partial charge in [-0.1, -0.05) is 6.07 Å². The largest absolute Gasteiger partial charge is 0.459 e. The highest BCUT2D eigenvalue weighted by Gasteiger charge is 2.16. The third kappa shape index (κ3) is 5.59. The molecule has 0 saturated carbocycles. The first kappa shape index (κ1) is 22.3. The summed E-state index contributed by atoms with van der Waals surface area (Å²) in [6.07, 6.45) is 1.40. The second-order valence-corrected chi connectivity index (χ2v) is 8.93. The summed E-state index contributed by atoms with van der Waals surface area (Å²) in [5.41, 5.74) is 2.03. The number of sulfonamides is 1. The van der Waals surface area contributed by atoms with Gasteiger partial charge in [0.25, 0.3) is 11.8 Å². The van der Waals surface area contributed by atoms with Crippen LogP contribution in [0.15, 0.2) is 70.2 Å². The Kier molecular flexibility index (Phi) is 6.57. The Labute approximate surface area is 180 Å². The summed E-state index contributed by atoms with van der Waals surface area (Å²) in [6.45, 7) is 5.28. The van der Waals surface area contributed by atoms with Crippen molar-refractivity contribution < 1.29 is 22.4 Å². The Hall–Kier alpha value is -3.43. The number of carbonyl (C=O) groups is 2. The van der Waals surface area contributed by atoms with E-state index in [1.165, 1.54) is 30.5 Å². The maximum absolute atomic E-state index is 12.6. The highest BCUT2D eigenvalue weighted by atomic mass is 32.2. The Balaban J connectivity index is 1.72. The van der Waals surface area contributed by atoms with Crippen molar-refractivity contribution in [2.45, 2.75) is 31.7 Å². The molecule has 0 aliphatic rings. The summed E-state index contributed by atoms with van der Waals surface area (Å²) in [7, 11) is -3.61. The molecular weight excluding hydrogens is 418 g/mol. The smallest absolute Gasteiger partial charge is 0.291 e. The van der Waals surface area contributed by atoms with Gasteiger partial charge in [-0.05, 0) is 74.9 Å². The standard InChI is InChI=1S/C22H23N3O5S/c1-14(2)25-31(28,29)18-10-8-17(9-11-18)23-21(26)16-7-6-15(3)19(13-16)24-22(27)20-5-4-12-30-20/h4-14,25H,1-3H3,(H,23,26)(H,24,27). The quantitative estimate of drug-likeness (QED) is 0.516. The fourth-order valence-electron chi connectivity index (χ4n) is 2.79. The van der Waals surface area contributed by atoms with Crippen molar-refractivity contribution in [1.29, 1.82) is 0 Å². The Morgan fingerprint density at radius 3 is 2.26 bits per heavy atom. The molecule has 8 nitrogen and oxygen atoms in total. The summed E-state index contributed by atoms with van der Waals surface area (Å²) in [4.78, 5) is 25.0. The number of amides is 2. The molecule has 3 N–H and O–H groups in total. The van der Waals surface area contributed by atoms with Crippen LogP contribution in [0.2, 0.25) is 0 Å². The molecule has 1 heterocycles. The van der Waals surface area contributed by atoms with Crippen LogP contribution in [0.3, 0.4) is 0 Å². The monoisotopic (exact) mass is 441 g/mol. The van der Waals surface area contributed by atoms with Gasteiger partial charge in [-0.15, -0.1) is 0 Å². The van der Waals surface area contributed by atoms with E-state index in [2.05, 4.69) is 15.4 Å². The van der Waals surface area contributed by atoms with E-state index in [1.54, 1.807) is 44.2 Å². The third-order valence-corrected chi connectivity index (χ3v) is 5.98. The molecule has 31 heavy (non-hydrogen) atoms. The van der Waals surface area contributed by atoms with Crippen molar-refractivity contribution >= 4 is 33.2 Å². The van der Waals surface area contributed by atoms with Gasteiger partial charge in [0.05, 0.1) is 11.2 Å². The van der Waals surface area contributed by atoms with Gasteiger partial charge in [-0.2, -0.15) is 0 Å². The van der Waals surface area contributed by atoms with Crippen LogP contribution in [0.1, 0.15) is 40.3 Å². The van der Waals surface area contributed by atoms with Gasteiger partial charge < -0.3 is 15.1 Å². The summed E-state index contributed by atoms with van der Waals surface area (Å²) in [5, 5.41) is 5.44. The summed E-state index contributed by atoms with van der Waals surface area (Å²) >= 11 is 0. The molecule has 3 aromatic rings. The zero-order chi connectivity index (χ0) is 22.6. The third-order valence-electron chi connectivity index (χ3n) is 4.31. The summed E-state index contributed by atoms with van der Waals surface area (Å²) in [5.74, 6) is -0.655. The molecule has 0 saturated heterocycles. The van der Waals surface area contributed by atoms with Crippen molar-refractivity contribution in [2.24, 2.45) is 0 Å². The van der Waals surface area contributed by atoms with Gasteiger partial charge in [-0.25, -0.2) is 13.1 Å². The molecular formula is C22H23N3O5S. The Bertz CT molecular complexity index is 1180. The van der Waals surface area contributed by atoms with Crippen LogP contribution in [-0.2, 0) is 10.0 Å². The van der Waals surface area contributed by atoms with Crippen LogP contribution in [-0.4, -0.2) is 26.3 Å². The van der Waals surface area contributed by atoms with Crippen LogP contribution < -0.4 is 15.4 Å². The lowest BCUT2D eigenvalue weighted by Gasteiger charge is -2.12. The maximum atomic E-state index is 12.6. The number of anilines is 2. The lowest BCUT2D eigenvalue weighted by molar-refractivity contribution is 0.0993. The molecule has 0 radical (unpaired) electrons. The molecule has 0 fully saturated rings. The minimum absolute atomic E-state index is 0.109. The van der Waals surface area contributed by atoms with Crippen molar-refractivity contribution in [2.75, 3.05) is 10.6 Å². The molecule has 0 bridgehead atoms. The lowest BCUT2D eigenvalue weighted by atomic mass is 10.1. The molecule has 0 aliphatic carbocycles. The number of rotatable bonds is 7. The summed E-state index contributed by atoms with van der Waals surface area (Å²) < 4.78 is 32.0. The molecule has 3 rings (SSSR count). The van der Waals surface area contributed by atoms with Gasteiger partial charge in [0.1, 0.15) is 0 Å². The first-order valence-corrected chi connectivity index (χ1v) is 11.0. The van der Waals surface area contributed by atoms with Crippen LogP contribution in [0, 0.1) is 6.92 Å². The van der Waals surface area contributed by atoms with Gasteiger partial charge in [0, 0.05) is 23.0 Å². The molecule has 162 valence electrons. The van der Waals surface area contributed by atoms with E-state index in [9.17, 15) is 18.0 Å². The van der Waals surface area contributed by atoms with Gasteiger partial charge in [-0.3, -0.25) is 9.59 Å². The Morgan fingerprint density at radius 2 is 1.65 bits per heavy atom. The number of furan rings is 1.